The van der Waals surface area contributed by atoms with Gasteiger partial charge in [-0.1, -0.05) is 6.92 Å². The van der Waals surface area contributed by atoms with Crippen molar-refractivity contribution in [3.8, 4) is 0 Å². The third-order valence-electron chi connectivity index (χ3n) is 1.25. The molecule has 0 atom stereocenters. The largest absolute Gasteiger partial charge is 0.367 e. The Morgan fingerprint density at radius 1 is 1.44 bits per heavy atom. The number of aliphatic imine (C=N–C) groups is 1. The van der Waals surface area contributed by atoms with Gasteiger partial charge in [-0.15, -0.1) is 0 Å². The average molecular weight is 128 g/mol. The van der Waals surface area contributed by atoms with E-state index in [1.807, 2.05) is 21.1 Å². The van der Waals surface area contributed by atoms with Crippen LogP contribution in [0.3, 0.4) is 0 Å². The van der Waals surface area contributed by atoms with Gasteiger partial charge in [0.25, 0.3) is 0 Å². The van der Waals surface area contributed by atoms with E-state index in [0.717, 1.165) is 6.42 Å². The number of nitrogens with zero attached hydrogens (tertiary/aromatic N) is 2. The predicted molar refractivity (Wildman–Crippen MR) is 42.0 cm³/mol. The minimum atomic E-state index is 1.09. The molecule has 0 N–H and O–H groups in total. The summed E-state index contributed by atoms with van der Waals surface area (Å²) in [5.74, 6) is 1.18. The van der Waals surface area contributed by atoms with E-state index in [9.17, 15) is 0 Å². The smallest absolute Gasteiger partial charge is 0.0980 e. The van der Waals surface area contributed by atoms with Crippen molar-refractivity contribution < 1.29 is 0 Å². The molecule has 0 aromatic carbocycles. The van der Waals surface area contributed by atoms with Gasteiger partial charge in [0, 0.05) is 27.6 Å². The fraction of sp³-hybridized carbons (Fsp3) is 0.857. The molecule has 2 nitrogen and oxygen atoms in total. The Balaban J connectivity index is 3.70. The second-order valence-electron chi connectivity index (χ2n) is 2.28. The average Bonchev–Trinajstić information content (AvgIpc) is 1.82. The van der Waals surface area contributed by atoms with Crippen LogP contribution >= 0.6 is 0 Å². The molecule has 9 heavy (non-hydrogen) atoms. The van der Waals surface area contributed by atoms with Crippen LogP contribution in [-0.4, -0.2) is 31.9 Å². The summed E-state index contributed by atoms with van der Waals surface area (Å²) >= 11 is 0. The van der Waals surface area contributed by atoms with Gasteiger partial charge in [-0.2, -0.15) is 0 Å². The van der Waals surface area contributed by atoms with Gasteiger partial charge in [0.05, 0.1) is 5.84 Å². The molecule has 0 spiro atoms. The van der Waals surface area contributed by atoms with Gasteiger partial charge in [-0.3, -0.25) is 4.99 Å². The van der Waals surface area contributed by atoms with Gasteiger partial charge < -0.3 is 4.90 Å². The number of rotatable bonds is 2. The van der Waals surface area contributed by atoms with Crippen molar-refractivity contribution in [1.82, 2.24) is 4.90 Å². The first kappa shape index (κ1) is 8.47. The highest BCUT2D eigenvalue weighted by molar-refractivity contribution is 5.81. The van der Waals surface area contributed by atoms with Crippen LogP contribution in [-0.2, 0) is 0 Å². The molecule has 0 fully saturated rings. The van der Waals surface area contributed by atoms with E-state index in [-0.39, 0.29) is 0 Å². The van der Waals surface area contributed by atoms with E-state index in [2.05, 4.69) is 16.8 Å². The van der Waals surface area contributed by atoms with Gasteiger partial charge in [0.15, 0.2) is 0 Å². The predicted octanol–water partition coefficient (Wildman–Crippen LogP) is 1.38. The lowest BCUT2D eigenvalue weighted by Gasteiger charge is -2.13. The van der Waals surface area contributed by atoms with E-state index in [4.69, 9.17) is 0 Å². The summed E-state index contributed by atoms with van der Waals surface area (Å²) < 4.78 is 0. The van der Waals surface area contributed by atoms with Crippen LogP contribution in [0.5, 0.6) is 0 Å². The van der Waals surface area contributed by atoms with Crippen LogP contribution in [0, 0.1) is 0 Å². The molecule has 0 aliphatic heterocycles. The van der Waals surface area contributed by atoms with E-state index in [1.54, 1.807) is 0 Å². The van der Waals surface area contributed by atoms with Gasteiger partial charge in [-0.05, 0) is 6.42 Å². The zero-order chi connectivity index (χ0) is 7.28. The highest BCUT2D eigenvalue weighted by Gasteiger charge is 1.95. The number of amidine groups is 1. The fourth-order valence-electron chi connectivity index (χ4n) is 0.759. The molecule has 0 unspecified atom stereocenters. The molecule has 0 rings (SSSR count). The van der Waals surface area contributed by atoms with Crippen molar-refractivity contribution in [2.75, 3.05) is 21.1 Å². The van der Waals surface area contributed by atoms with Crippen molar-refractivity contribution in [2.24, 2.45) is 4.99 Å². The lowest BCUT2D eigenvalue weighted by Crippen LogP contribution is -2.21. The van der Waals surface area contributed by atoms with Crippen LogP contribution in [0.2, 0.25) is 0 Å². The molecule has 0 bridgehead atoms. The Kier molecular flexibility index (Phi) is 4.10. The van der Waals surface area contributed by atoms with Crippen molar-refractivity contribution in [2.45, 2.75) is 19.8 Å². The van der Waals surface area contributed by atoms with E-state index in [0.29, 0.717) is 0 Å². The van der Waals surface area contributed by atoms with E-state index in [1.165, 1.54) is 12.3 Å². The van der Waals surface area contributed by atoms with Crippen molar-refractivity contribution in [3.05, 3.63) is 0 Å². The Hall–Kier alpha value is -0.530. The molecule has 54 valence electrons. The molecular weight excluding hydrogens is 112 g/mol. The Morgan fingerprint density at radius 3 is 2.11 bits per heavy atom. The monoisotopic (exact) mass is 128 g/mol. The highest BCUT2D eigenvalue weighted by Crippen LogP contribution is 1.93. The summed E-state index contributed by atoms with van der Waals surface area (Å²) in [6.07, 6.45) is 2.26. The Labute approximate surface area is 57.6 Å². The molecule has 0 aromatic heterocycles. The second-order valence-corrected chi connectivity index (χ2v) is 2.28. The third kappa shape index (κ3) is 3.12. The summed E-state index contributed by atoms with van der Waals surface area (Å²) in [6, 6.07) is 0. The highest BCUT2D eigenvalue weighted by atomic mass is 15.1. The molecule has 0 aliphatic carbocycles. The maximum atomic E-state index is 4.12. The maximum absolute atomic E-state index is 4.12. The van der Waals surface area contributed by atoms with Gasteiger partial charge in [-0.25, -0.2) is 0 Å². The summed E-state index contributed by atoms with van der Waals surface area (Å²) in [6.45, 7) is 2.16. The summed E-state index contributed by atoms with van der Waals surface area (Å²) in [5.41, 5.74) is 0. The first-order valence-corrected chi connectivity index (χ1v) is 3.35. The second kappa shape index (κ2) is 4.36. The third-order valence-corrected chi connectivity index (χ3v) is 1.25. The zero-order valence-electron chi connectivity index (χ0n) is 6.81. The summed E-state index contributed by atoms with van der Waals surface area (Å²) in [5, 5.41) is 0. The van der Waals surface area contributed by atoms with E-state index >= 15 is 0 Å². The molecule has 0 aromatic rings. The molecule has 0 heterocycles. The van der Waals surface area contributed by atoms with Crippen LogP contribution in [0.1, 0.15) is 19.8 Å². The lowest BCUT2D eigenvalue weighted by atomic mass is 10.3. The number of hydrogen-bond acceptors (Lipinski definition) is 1. The van der Waals surface area contributed by atoms with Crippen LogP contribution < -0.4 is 0 Å². The molecule has 2 heteroatoms. The van der Waals surface area contributed by atoms with Crippen LogP contribution in [0.25, 0.3) is 0 Å². The standard InChI is InChI=1S/C7H16N2/c1-5-6-7(8-2)9(3)4/h5-6H2,1-4H3. The summed E-state index contributed by atoms with van der Waals surface area (Å²) in [7, 11) is 5.89. The van der Waals surface area contributed by atoms with Gasteiger partial charge in [0.2, 0.25) is 0 Å². The van der Waals surface area contributed by atoms with Crippen molar-refractivity contribution in [3.63, 3.8) is 0 Å². The first-order chi connectivity index (χ1) is 4.22. The van der Waals surface area contributed by atoms with Gasteiger partial charge in [0.1, 0.15) is 0 Å². The molecular formula is C7H16N2. The van der Waals surface area contributed by atoms with Crippen molar-refractivity contribution in [1.29, 1.82) is 0 Å². The SMILES string of the molecule is CCCC(=NC)N(C)C. The zero-order valence-corrected chi connectivity index (χ0v) is 6.81. The lowest BCUT2D eigenvalue weighted by molar-refractivity contribution is 0.599. The van der Waals surface area contributed by atoms with Crippen LogP contribution in [0.4, 0.5) is 0 Å². The minimum Gasteiger partial charge on any atom is -0.367 e. The Morgan fingerprint density at radius 2 is 2.00 bits per heavy atom. The summed E-state index contributed by atoms with van der Waals surface area (Å²) in [4.78, 5) is 6.18. The molecule has 0 saturated carbocycles. The molecule has 0 saturated heterocycles. The van der Waals surface area contributed by atoms with Gasteiger partial charge >= 0.3 is 0 Å². The fourth-order valence-corrected chi connectivity index (χ4v) is 0.759. The van der Waals surface area contributed by atoms with Crippen molar-refractivity contribution >= 4 is 5.84 Å². The maximum Gasteiger partial charge on any atom is 0.0980 e. The first-order valence-electron chi connectivity index (χ1n) is 3.35. The molecule has 0 amide bonds. The quantitative estimate of drug-likeness (QED) is 0.405. The molecule has 0 radical (unpaired) electrons. The minimum absolute atomic E-state index is 1.09. The topological polar surface area (TPSA) is 15.6 Å². The van der Waals surface area contributed by atoms with Crippen LogP contribution in [0.15, 0.2) is 4.99 Å². The van der Waals surface area contributed by atoms with E-state index < -0.39 is 0 Å². The Bertz CT molecular complexity index is 95.1. The normalized spacial score (nSPS) is 11.8. The number of hydrogen-bond donors (Lipinski definition) is 0. The molecule has 0 aliphatic rings.